The zero-order valence-corrected chi connectivity index (χ0v) is 9.69. The number of rotatable bonds is 4. The third kappa shape index (κ3) is 2.85. The summed E-state index contributed by atoms with van der Waals surface area (Å²) in [5.41, 5.74) is 0. The number of hydrogen-bond donors (Lipinski definition) is 2. The number of carboxylic acid groups (broad SMARTS) is 1. The van der Waals surface area contributed by atoms with Gasteiger partial charge in [0.05, 0.1) is 5.92 Å². The maximum Gasteiger partial charge on any atom is 0.306 e. The lowest BCUT2D eigenvalue weighted by Crippen LogP contribution is -2.35. The lowest BCUT2D eigenvalue weighted by molar-refractivity contribution is -0.142. The maximum absolute atomic E-state index is 11.0. The third-order valence-electron chi connectivity index (χ3n) is 3.87. The Bertz CT molecular complexity index is 275. The van der Waals surface area contributed by atoms with Gasteiger partial charge in [-0.05, 0) is 44.6 Å². The summed E-state index contributed by atoms with van der Waals surface area (Å²) in [4.78, 5) is 11.0. The molecule has 0 aromatic heterocycles. The third-order valence-corrected chi connectivity index (χ3v) is 3.87. The van der Waals surface area contributed by atoms with Crippen LogP contribution in [-0.2, 0) is 4.79 Å². The van der Waals surface area contributed by atoms with Crippen LogP contribution in [0.15, 0.2) is 12.2 Å². The van der Waals surface area contributed by atoms with E-state index in [9.17, 15) is 4.79 Å². The Morgan fingerprint density at radius 2 is 2.19 bits per heavy atom. The Hall–Kier alpha value is -0.830. The number of allylic oxidation sites excluding steroid dienone is 1. The lowest BCUT2D eigenvalue weighted by Gasteiger charge is -2.22. The van der Waals surface area contributed by atoms with Crippen molar-refractivity contribution in [3.05, 3.63) is 12.2 Å². The molecular formula is C13H21NO2. The first kappa shape index (κ1) is 11.6. The van der Waals surface area contributed by atoms with Gasteiger partial charge in [-0.15, -0.1) is 0 Å². The molecule has 0 bridgehead atoms. The van der Waals surface area contributed by atoms with Gasteiger partial charge in [0.1, 0.15) is 0 Å². The minimum atomic E-state index is -0.608. The molecule has 2 rings (SSSR count). The highest BCUT2D eigenvalue weighted by Gasteiger charge is 2.32. The molecule has 0 aromatic rings. The molecule has 2 N–H and O–H groups in total. The molecule has 0 saturated heterocycles. The SMILES string of the molecule is O=C(O)C1CCCC1CNC1C=CCCC1. The second-order valence-electron chi connectivity index (χ2n) is 5.01. The molecular weight excluding hydrogens is 202 g/mol. The average molecular weight is 223 g/mol. The molecule has 16 heavy (non-hydrogen) atoms. The minimum Gasteiger partial charge on any atom is -0.481 e. The molecule has 0 spiro atoms. The Morgan fingerprint density at radius 1 is 1.31 bits per heavy atom. The Morgan fingerprint density at radius 3 is 2.88 bits per heavy atom. The molecule has 1 fully saturated rings. The quantitative estimate of drug-likeness (QED) is 0.718. The summed E-state index contributed by atoms with van der Waals surface area (Å²) in [5.74, 6) is -0.378. The van der Waals surface area contributed by atoms with Crippen molar-refractivity contribution in [2.45, 2.75) is 44.6 Å². The molecule has 0 aromatic carbocycles. The molecule has 3 heteroatoms. The van der Waals surface area contributed by atoms with E-state index in [4.69, 9.17) is 5.11 Å². The van der Waals surface area contributed by atoms with E-state index in [1.165, 1.54) is 19.3 Å². The summed E-state index contributed by atoms with van der Waals surface area (Å²) in [6, 6.07) is 0.476. The molecule has 3 unspecified atom stereocenters. The summed E-state index contributed by atoms with van der Waals surface area (Å²) < 4.78 is 0. The standard InChI is InChI=1S/C13H21NO2/c15-13(16)12-8-4-5-10(12)9-14-11-6-2-1-3-7-11/h2,6,10-12,14H,1,3-5,7-9H2,(H,15,16). The molecule has 2 aliphatic carbocycles. The van der Waals surface area contributed by atoms with Crippen molar-refractivity contribution in [1.82, 2.24) is 5.32 Å². The van der Waals surface area contributed by atoms with Crippen molar-refractivity contribution in [1.29, 1.82) is 0 Å². The van der Waals surface area contributed by atoms with Crippen LogP contribution < -0.4 is 5.32 Å². The fraction of sp³-hybridized carbons (Fsp3) is 0.769. The van der Waals surface area contributed by atoms with Gasteiger partial charge in [-0.2, -0.15) is 0 Å². The highest BCUT2D eigenvalue weighted by molar-refractivity contribution is 5.70. The Balaban J connectivity index is 1.78. The van der Waals surface area contributed by atoms with Gasteiger partial charge >= 0.3 is 5.97 Å². The zero-order valence-electron chi connectivity index (χ0n) is 9.69. The van der Waals surface area contributed by atoms with Gasteiger partial charge in [-0.3, -0.25) is 4.79 Å². The van der Waals surface area contributed by atoms with Crippen molar-refractivity contribution in [3.63, 3.8) is 0 Å². The monoisotopic (exact) mass is 223 g/mol. The molecule has 0 aliphatic heterocycles. The molecule has 0 radical (unpaired) electrons. The van der Waals surface area contributed by atoms with Crippen molar-refractivity contribution in [2.75, 3.05) is 6.54 Å². The van der Waals surface area contributed by atoms with Crippen LogP contribution in [0.25, 0.3) is 0 Å². The van der Waals surface area contributed by atoms with Crippen molar-refractivity contribution in [2.24, 2.45) is 11.8 Å². The first-order valence-corrected chi connectivity index (χ1v) is 6.40. The zero-order chi connectivity index (χ0) is 11.4. The molecule has 0 amide bonds. The van der Waals surface area contributed by atoms with Crippen LogP contribution in [0.3, 0.4) is 0 Å². The van der Waals surface area contributed by atoms with E-state index >= 15 is 0 Å². The summed E-state index contributed by atoms with van der Waals surface area (Å²) in [5, 5.41) is 12.6. The fourth-order valence-corrected chi connectivity index (χ4v) is 2.89. The fourth-order valence-electron chi connectivity index (χ4n) is 2.89. The van der Waals surface area contributed by atoms with Crippen LogP contribution in [0.4, 0.5) is 0 Å². The number of carbonyl (C=O) groups is 1. The van der Waals surface area contributed by atoms with Gasteiger partial charge < -0.3 is 10.4 Å². The first-order chi connectivity index (χ1) is 7.77. The van der Waals surface area contributed by atoms with E-state index < -0.39 is 5.97 Å². The average Bonchev–Trinajstić information content (AvgIpc) is 2.76. The van der Waals surface area contributed by atoms with Crippen LogP contribution in [0, 0.1) is 11.8 Å². The van der Waals surface area contributed by atoms with E-state index in [1.807, 2.05) is 0 Å². The predicted octanol–water partition coefficient (Wildman–Crippen LogP) is 2.19. The van der Waals surface area contributed by atoms with Gasteiger partial charge in [-0.25, -0.2) is 0 Å². The van der Waals surface area contributed by atoms with Crippen LogP contribution in [0.1, 0.15) is 38.5 Å². The van der Waals surface area contributed by atoms with Crippen LogP contribution in [0.5, 0.6) is 0 Å². The summed E-state index contributed by atoms with van der Waals surface area (Å²) in [7, 11) is 0. The Kier molecular flexibility index (Phi) is 3.99. The number of aliphatic carboxylic acids is 1. The number of hydrogen-bond acceptors (Lipinski definition) is 2. The van der Waals surface area contributed by atoms with E-state index in [2.05, 4.69) is 17.5 Å². The highest BCUT2D eigenvalue weighted by Crippen LogP contribution is 2.31. The second-order valence-corrected chi connectivity index (χ2v) is 5.01. The number of carboxylic acids is 1. The second kappa shape index (κ2) is 5.48. The van der Waals surface area contributed by atoms with Gasteiger partial charge in [-0.1, -0.05) is 18.6 Å². The molecule has 90 valence electrons. The topological polar surface area (TPSA) is 49.3 Å². The summed E-state index contributed by atoms with van der Waals surface area (Å²) >= 11 is 0. The summed E-state index contributed by atoms with van der Waals surface area (Å²) in [6.45, 7) is 0.867. The molecule has 3 atom stereocenters. The van der Waals surface area contributed by atoms with E-state index in [0.717, 1.165) is 25.8 Å². The molecule has 1 saturated carbocycles. The van der Waals surface area contributed by atoms with Gasteiger partial charge in [0.15, 0.2) is 0 Å². The van der Waals surface area contributed by atoms with Crippen molar-refractivity contribution >= 4 is 5.97 Å². The molecule has 2 aliphatic rings. The van der Waals surface area contributed by atoms with Gasteiger partial charge in [0.2, 0.25) is 0 Å². The van der Waals surface area contributed by atoms with E-state index in [0.29, 0.717) is 12.0 Å². The predicted molar refractivity (Wildman–Crippen MR) is 63.2 cm³/mol. The smallest absolute Gasteiger partial charge is 0.306 e. The molecule has 0 heterocycles. The minimum absolute atomic E-state index is 0.111. The maximum atomic E-state index is 11.0. The Labute approximate surface area is 96.9 Å². The van der Waals surface area contributed by atoms with Crippen LogP contribution in [-0.4, -0.2) is 23.7 Å². The lowest BCUT2D eigenvalue weighted by atomic mass is 9.95. The van der Waals surface area contributed by atoms with Gasteiger partial charge in [0.25, 0.3) is 0 Å². The molecule has 3 nitrogen and oxygen atoms in total. The normalized spacial score (nSPS) is 34.1. The van der Waals surface area contributed by atoms with E-state index in [1.54, 1.807) is 0 Å². The summed E-state index contributed by atoms with van der Waals surface area (Å²) in [6.07, 6.45) is 11.1. The highest BCUT2D eigenvalue weighted by atomic mass is 16.4. The van der Waals surface area contributed by atoms with Crippen molar-refractivity contribution < 1.29 is 9.90 Å². The van der Waals surface area contributed by atoms with Crippen molar-refractivity contribution in [3.8, 4) is 0 Å². The van der Waals surface area contributed by atoms with Gasteiger partial charge in [0, 0.05) is 6.04 Å². The van der Waals surface area contributed by atoms with E-state index in [-0.39, 0.29) is 5.92 Å². The van der Waals surface area contributed by atoms with Crippen LogP contribution >= 0.6 is 0 Å². The largest absolute Gasteiger partial charge is 0.481 e. The van der Waals surface area contributed by atoms with Crippen LogP contribution in [0.2, 0.25) is 0 Å². The first-order valence-electron chi connectivity index (χ1n) is 6.40. The number of nitrogens with one attached hydrogen (secondary N) is 1.